The van der Waals surface area contributed by atoms with Crippen LogP contribution in [-0.2, 0) is 4.79 Å². The van der Waals surface area contributed by atoms with Gasteiger partial charge in [0.1, 0.15) is 11.6 Å². The molecule has 1 saturated carbocycles. The predicted molar refractivity (Wildman–Crippen MR) is 108 cm³/mol. The van der Waals surface area contributed by atoms with Crippen LogP contribution >= 0.6 is 11.8 Å². The van der Waals surface area contributed by atoms with E-state index in [1.54, 1.807) is 6.33 Å². The minimum Gasteiger partial charge on any atom is -0.325 e. The Morgan fingerprint density at radius 2 is 1.85 bits per heavy atom. The number of thioether (sulfide) groups is 1. The summed E-state index contributed by atoms with van der Waals surface area (Å²) in [7, 11) is 0. The van der Waals surface area contributed by atoms with E-state index in [0.717, 1.165) is 40.4 Å². The van der Waals surface area contributed by atoms with Crippen molar-refractivity contribution in [1.82, 2.24) is 14.8 Å². The highest BCUT2D eigenvalue weighted by Gasteiger charge is 2.30. The lowest BCUT2D eigenvalue weighted by Gasteiger charge is -2.17. The Kier molecular flexibility index (Phi) is 4.99. The molecule has 1 fully saturated rings. The zero-order valence-corrected chi connectivity index (χ0v) is 16.2. The number of hydrogen-bond donors (Lipinski definition) is 1. The van der Waals surface area contributed by atoms with Gasteiger partial charge in [-0.1, -0.05) is 48.2 Å². The number of rotatable bonds is 6. The normalized spacial score (nSPS) is 14.7. The van der Waals surface area contributed by atoms with Gasteiger partial charge in [0, 0.05) is 11.7 Å². The van der Waals surface area contributed by atoms with Crippen molar-refractivity contribution in [2.24, 2.45) is 0 Å². The van der Waals surface area contributed by atoms with Gasteiger partial charge in [-0.2, -0.15) is 0 Å². The van der Waals surface area contributed by atoms with Crippen LogP contribution in [-0.4, -0.2) is 20.7 Å². The second kappa shape index (κ2) is 7.56. The van der Waals surface area contributed by atoms with Crippen LogP contribution in [0.5, 0.6) is 0 Å². The van der Waals surface area contributed by atoms with Gasteiger partial charge in [-0.3, -0.25) is 4.79 Å². The molecule has 1 aliphatic carbocycles. The minimum atomic E-state index is -0.395. The van der Waals surface area contributed by atoms with Crippen molar-refractivity contribution < 1.29 is 4.79 Å². The first-order chi connectivity index (χ1) is 13.1. The molecule has 138 valence electrons. The third-order valence-corrected chi connectivity index (χ3v) is 5.76. The highest BCUT2D eigenvalue weighted by Crippen LogP contribution is 2.41. The van der Waals surface area contributed by atoms with Crippen LogP contribution in [0.1, 0.15) is 40.8 Å². The van der Waals surface area contributed by atoms with Gasteiger partial charge >= 0.3 is 0 Å². The number of hydrogen-bond acceptors (Lipinski definition) is 4. The fraction of sp³-hybridized carbons (Fsp3) is 0.286. The van der Waals surface area contributed by atoms with Gasteiger partial charge in [0.05, 0.1) is 0 Å². The molecule has 1 atom stereocenters. The van der Waals surface area contributed by atoms with Crippen molar-refractivity contribution in [3.05, 3.63) is 71.5 Å². The second-order valence-corrected chi connectivity index (χ2v) is 8.10. The maximum absolute atomic E-state index is 13.2. The SMILES string of the molecule is Cc1cc(C)cc(NC(=O)[C@@H](Sc2nncn2C2CC2)c2ccccc2)c1. The molecular weight excluding hydrogens is 356 g/mol. The first kappa shape index (κ1) is 17.8. The number of carbonyl (C=O) groups excluding carboxylic acids is 1. The van der Waals surface area contributed by atoms with Crippen molar-refractivity contribution in [2.45, 2.75) is 43.1 Å². The van der Waals surface area contributed by atoms with E-state index < -0.39 is 5.25 Å². The Hall–Kier alpha value is -2.60. The Morgan fingerprint density at radius 1 is 1.15 bits per heavy atom. The van der Waals surface area contributed by atoms with Gasteiger partial charge in [-0.25, -0.2) is 0 Å². The molecule has 0 bridgehead atoms. The molecule has 4 rings (SSSR count). The summed E-state index contributed by atoms with van der Waals surface area (Å²) < 4.78 is 2.09. The molecule has 0 spiro atoms. The average Bonchev–Trinajstić information content (AvgIpc) is 3.38. The van der Waals surface area contributed by atoms with Crippen molar-refractivity contribution in [1.29, 1.82) is 0 Å². The van der Waals surface area contributed by atoms with Crippen LogP contribution in [0.4, 0.5) is 5.69 Å². The summed E-state index contributed by atoms with van der Waals surface area (Å²) in [6.45, 7) is 4.06. The molecule has 1 amide bonds. The number of aryl methyl sites for hydroxylation is 2. The largest absolute Gasteiger partial charge is 0.325 e. The quantitative estimate of drug-likeness (QED) is 0.632. The number of amides is 1. The van der Waals surface area contributed by atoms with Gasteiger partial charge in [-0.15, -0.1) is 10.2 Å². The molecule has 27 heavy (non-hydrogen) atoms. The summed E-state index contributed by atoms with van der Waals surface area (Å²) >= 11 is 1.46. The van der Waals surface area contributed by atoms with E-state index in [1.165, 1.54) is 11.8 Å². The minimum absolute atomic E-state index is 0.0541. The topological polar surface area (TPSA) is 59.8 Å². The van der Waals surface area contributed by atoms with Gasteiger partial charge in [0.2, 0.25) is 5.91 Å². The molecule has 3 aromatic rings. The van der Waals surface area contributed by atoms with Crippen LogP contribution in [0.25, 0.3) is 0 Å². The molecule has 0 radical (unpaired) electrons. The molecule has 0 unspecified atom stereocenters. The highest BCUT2D eigenvalue weighted by molar-refractivity contribution is 8.00. The molecule has 0 aliphatic heterocycles. The van der Waals surface area contributed by atoms with E-state index in [9.17, 15) is 4.79 Å². The van der Waals surface area contributed by atoms with Crippen molar-refractivity contribution >= 4 is 23.4 Å². The van der Waals surface area contributed by atoms with Crippen LogP contribution in [0, 0.1) is 13.8 Å². The summed E-state index contributed by atoms with van der Waals surface area (Å²) in [5.74, 6) is -0.0541. The van der Waals surface area contributed by atoms with Crippen LogP contribution in [0.3, 0.4) is 0 Å². The maximum Gasteiger partial charge on any atom is 0.242 e. The molecule has 1 heterocycles. The van der Waals surface area contributed by atoms with Gasteiger partial charge in [0.25, 0.3) is 0 Å². The first-order valence-electron chi connectivity index (χ1n) is 9.10. The molecule has 6 heteroatoms. The molecule has 1 aliphatic rings. The Labute approximate surface area is 163 Å². The van der Waals surface area contributed by atoms with E-state index >= 15 is 0 Å². The lowest BCUT2D eigenvalue weighted by atomic mass is 10.1. The second-order valence-electron chi connectivity index (χ2n) is 7.03. The Balaban J connectivity index is 1.61. The van der Waals surface area contributed by atoms with Crippen LogP contribution in [0.2, 0.25) is 0 Å². The van der Waals surface area contributed by atoms with E-state index in [2.05, 4.69) is 26.1 Å². The summed E-state index contributed by atoms with van der Waals surface area (Å²) in [4.78, 5) is 13.2. The lowest BCUT2D eigenvalue weighted by Crippen LogP contribution is -2.19. The third-order valence-electron chi connectivity index (χ3n) is 4.53. The zero-order chi connectivity index (χ0) is 18.8. The number of benzene rings is 2. The molecule has 5 nitrogen and oxygen atoms in total. The molecule has 2 aromatic carbocycles. The first-order valence-corrected chi connectivity index (χ1v) is 9.98. The number of nitrogens with zero attached hydrogens (tertiary/aromatic N) is 3. The van der Waals surface area contributed by atoms with Crippen LogP contribution < -0.4 is 5.32 Å². The maximum atomic E-state index is 13.2. The van der Waals surface area contributed by atoms with E-state index in [4.69, 9.17) is 0 Å². The van der Waals surface area contributed by atoms with Crippen LogP contribution in [0.15, 0.2) is 60.0 Å². The lowest BCUT2D eigenvalue weighted by molar-refractivity contribution is -0.115. The fourth-order valence-corrected chi connectivity index (χ4v) is 4.26. The molecule has 1 N–H and O–H groups in total. The van der Waals surface area contributed by atoms with E-state index in [1.807, 2.05) is 56.3 Å². The van der Waals surface area contributed by atoms with Crippen molar-refractivity contribution in [3.63, 3.8) is 0 Å². The van der Waals surface area contributed by atoms with E-state index in [0.29, 0.717) is 6.04 Å². The van der Waals surface area contributed by atoms with Crippen molar-refractivity contribution in [2.75, 3.05) is 5.32 Å². The smallest absolute Gasteiger partial charge is 0.242 e. The predicted octanol–water partition coefficient (Wildman–Crippen LogP) is 4.70. The number of carbonyl (C=O) groups is 1. The number of aromatic nitrogens is 3. The molecular formula is C21H22N4OS. The fourth-order valence-electron chi connectivity index (χ4n) is 3.18. The third kappa shape index (κ3) is 4.22. The van der Waals surface area contributed by atoms with Gasteiger partial charge in [-0.05, 0) is 55.5 Å². The number of nitrogens with one attached hydrogen (secondary N) is 1. The van der Waals surface area contributed by atoms with Gasteiger partial charge in [0.15, 0.2) is 5.16 Å². The summed E-state index contributed by atoms with van der Waals surface area (Å²) in [6.07, 6.45) is 4.07. The van der Waals surface area contributed by atoms with E-state index in [-0.39, 0.29) is 5.91 Å². The Morgan fingerprint density at radius 3 is 2.52 bits per heavy atom. The molecule has 1 aromatic heterocycles. The Bertz CT molecular complexity index is 930. The summed E-state index contributed by atoms with van der Waals surface area (Å²) in [6, 6.07) is 16.4. The van der Waals surface area contributed by atoms with Crippen molar-refractivity contribution in [3.8, 4) is 0 Å². The molecule has 0 saturated heterocycles. The average molecular weight is 379 g/mol. The highest BCUT2D eigenvalue weighted by atomic mass is 32.2. The van der Waals surface area contributed by atoms with Gasteiger partial charge < -0.3 is 9.88 Å². The zero-order valence-electron chi connectivity index (χ0n) is 15.4. The monoisotopic (exact) mass is 378 g/mol. The summed E-state index contributed by atoms with van der Waals surface area (Å²) in [5.41, 5.74) is 4.03. The summed E-state index contributed by atoms with van der Waals surface area (Å²) in [5, 5.41) is 11.8. The standard InChI is InChI=1S/C21H22N4OS/c1-14-10-15(2)12-17(11-14)23-20(26)19(16-6-4-3-5-7-16)27-21-24-22-13-25(21)18-8-9-18/h3-7,10-13,18-19H,8-9H2,1-2H3,(H,23,26)/t19-/m0/s1. The number of anilines is 1.